The van der Waals surface area contributed by atoms with Crippen LogP contribution in [0.1, 0.15) is 22.5 Å². The molecular formula is C16H19N3O2. The molecule has 5 nitrogen and oxygen atoms in total. The van der Waals surface area contributed by atoms with E-state index in [1.807, 2.05) is 49.0 Å². The summed E-state index contributed by atoms with van der Waals surface area (Å²) in [7, 11) is 1.92. The van der Waals surface area contributed by atoms with E-state index in [1.54, 1.807) is 4.90 Å². The lowest BCUT2D eigenvalue weighted by Crippen LogP contribution is -2.36. The number of carbonyl (C=O) groups excluding carboxylic acids is 1. The number of rotatable bonds is 2. The second-order valence-corrected chi connectivity index (χ2v) is 5.35. The van der Waals surface area contributed by atoms with Crippen LogP contribution in [0.15, 0.2) is 30.3 Å². The fourth-order valence-electron chi connectivity index (χ4n) is 2.75. The van der Waals surface area contributed by atoms with Crippen molar-refractivity contribution in [2.45, 2.75) is 26.5 Å². The van der Waals surface area contributed by atoms with Crippen LogP contribution in [0.25, 0.3) is 0 Å². The predicted octanol–water partition coefficient (Wildman–Crippen LogP) is 2.42. The van der Waals surface area contributed by atoms with Gasteiger partial charge in [-0.25, -0.2) is 4.79 Å². The van der Waals surface area contributed by atoms with Crippen molar-refractivity contribution in [1.29, 1.82) is 0 Å². The van der Waals surface area contributed by atoms with Gasteiger partial charge in [-0.1, -0.05) is 30.3 Å². The first-order valence-electron chi connectivity index (χ1n) is 7.12. The van der Waals surface area contributed by atoms with E-state index < -0.39 is 0 Å². The van der Waals surface area contributed by atoms with Gasteiger partial charge in [0.2, 0.25) is 0 Å². The number of benzene rings is 1. The van der Waals surface area contributed by atoms with Gasteiger partial charge in [0, 0.05) is 13.6 Å². The number of fused-ring (bicyclic) bond motifs is 1. The Balaban J connectivity index is 1.63. The normalized spacial score (nSPS) is 13.9. The molecule has 0 radical (unpaired) electrons. The molecule has 0 saturated heterocycles. The molecule has 2 heterocycles. The first-order chi connectivity index (χ1) is 10.1. The summed E-state index contributed by atoms with van der Waals surface area (Å²) in [4.78, 5) is 13.9. The SMILES string of the molecule is Cc1nn(C)c2c1CCN(C(=O)OCc1ccccc1)C2. The molecule has 0 spiro atoms. The molecule has 3 rings (SSSR count). The summed E-state index contributed by atoms with van der Waals surface area (Å²) in [6.07, 6.45) is 0.582. The molecule has 0 unspecified atom stereocenters. The van der Waals surface area contributed by atoms with E-state index in [0.717, 1.165) is 23.4 Å². The first kappa shape index (κ1) is 13.7. The van der Waals surface area contributed by atoms with Gasteiger partial charge in [-0.3, -0.25) is 4.68 Å². The molecule has 0 aliphatic carbocycles. The molecule has 0 fully saturated rings. The second kappa shape index (κ2) is 5.60. The molecule has 0 N–H and O–H groups in total. The van der Waals surface area contributed by atoms with E-state index in [4.69, 9.17) is 4.74 Å². The summed E-state index contributed by atoms with van der Waals surface area (Å²) in [6, 6.07) is 9.73. The number of carbonyl (C=O) groups is 1. The van der Waals surface area contributed by atoms with Gasteiger partial charge >= 0.3 is 6.09 Å². The van der Waals surface area contributed by atoms with Crippen LogP contribution in [-0.4, -0.2) is 27.3 Å². The number of hydrogen-bond acceptors (Lipinski definition) is 3. The van der Waals surface area contributed by atoms with Crippen LogP contribution in [-0.2, 0) is 31.4 Å². The third kappa shape index (κ3) is 2.77. The Labute approximate surface area is 124 Å². The Morgan fingerprint density at radius 1 is 1.33 bits per heavy atom. The molecule has 5 heteroatoms. The predicted molar refractivity (Wildman–Crippen MR) is 78.7 cm³/mol. The topological polar surface area (TPSA) is 47.4 Å². The standard InChI is InChI=1S/C16H19N3O2/c1-12-14-8-9-19(10-15(14)18(2)17-12)16(20)21-11-13-6-4-3-5-7-13/h3-7H,8-11H2,1-2H3. The summed E-state index contributed by atoms with van der Waals surface area (Å²) in [5.41, 5.74) is 4.43. The van der Waals surface area contributed by atoms with Gasteiger partial charge in [-0.2, -0.15) is 5.10 Å². The summed E-state index contributed by atoms with van der Waals surface area (Å²) in [5, 5.41) is 4.42. The minimum absolute atomic E-state index is 0.261. The summed E-state index contributed by atoms with van der Waals surface area (Å²) < 4.78 is 7.25. The maximum absolute atomic E-state index is 12.2. The maximum atomic E-state index is 12.2. The lowest BCUT2D eigenvalue weighted by atomic mass is 10.1. The number of nitrogens with zero attached hydrogens (tertiary/aromatic N) is 3. The van der Waals surface area contributed by atoms with Crippen molar-refractivity contribution in [2.24, 2.45) is 7.05 Å². The molecule has 0 bridgehead atoms. The highest BCUT2D eigenvalue weighted by Gasteiger charge is 2.26. The van der Waals surface area contributed by atoms with E-state index in [1.165, 1.54) is 5.56 Å². The molecule has 1 aromatic heterocycles. The smallest absolute Gasteiger partial charge is 0.410 e. The van der Waals surface area contributed by atoms with Gasteiger partial charge in [-0.05, 0) is 24.5 Å². The van der Waals surface area contributed by atoms with Crippen molar-refractivity contribution in [2.75, 3.05) is 6.54 Å². The van der Waals surface area contributed by atoms with E-state index in [-0.39, 0.29) is 6.09 Å². The van der Waals surface area contributed by atoms with Crippen molar-refractivity contribution < 1.29 is 9.53 Å². The van der Waals surface area contributed by atoms with Gasteiger partial charge in [0.1, 0.15) is 6.61 Å². The maximum Gasteiger partial charge on any atom is 0.410 e. The largest absolute Gasteiger partial charge is 0.445 e. The Morgan fingerprint density at radius 2 is 2.10 bits per heavy atom. The Hall–Kier alpha value is -2.30. The third-order valence-corrected chi connectivity index (χ3v) is 3.91. The summed E-state index contributed by atoms with van der Waals surface area (Å²) >= 11 is 0. The van der Waals surface area contributed by atoms with Crippen LogP contribution in [0.3, 0.4) is 0 Å². The van der Waals surface area contributed by atoms with Crippen molar-refractivity contribution in [1.82, 2.24) is 14.7 Å². The van der Waals surface area contributed by atoms with Gasteiger partial charge < -0.3 is 9.64 Å². The van der Waals surface area contributed by atoms with Crippen LogP contribution in [0.2, 0.25) is 0 Å². The van der Waals surface area contributed by atoms with Crippen molar-refractivity contribution in [3.05, 3.63) is 52.8 Å². The lowest BCUT2D eigenvalue weighted by Gasteiger charge is -2.26. The molecule has 0 atom stereocenters. The fraction of sp³-hybridized carbons (Fsp3) is 0.375. The van der Waals surface area contributed by atoms with Crippen LogP contribution in [0.5, 0.6) is 0 Å². The Kier molecular flexibility index (Phi) is 3.64. The van der Waals surface area contributed by atoms with Crippen LogP contribution < -0.4 is 0 Å². The Morgan fingerprint density at radius 3 is 2.86 bits per heavy atom. The second-order valence-electron chi connectivity index (χ2n) is 5.35. The van der Waals surface area contributed by atoms with E-state index >= 15 is 0 Å². The van der Waals surface area contributed by atoms with Crippen molar-refractivity contribution in [3.8, 4) is 0 Å². The van der Waals surface area contributed by atoms with Gasteiger partial charge in [0.25, 0.3) is 0 Å². The third-order valence-electron chi connectivity index (χ3n) is 3.91. The summed E-state index contributed by atoms with van der Waals surface area (Å²) in [5.74, 6) is 0. The molecule has 0 saturated carbocycles. The number of aryl methyl sites for hydroxylation is 2. The minimum Gasteiger partial charge on any atom is -0.445 e. The average molecular weight is 285 g/mol. The summed E-state index contributed by atoms with van der Waals surface area (Å²) in [6.45, 7) is 3.59. The van der Waals surface area contributed by atoms with Crippen molar-refractivity contribution >= 4 is 6.09 Å². The molecule has 1 amide bonds. The van der Waals surface area contributed by atoms with E-state index in [0.29, 0.717) is 19.7 Å². The van der Waals surface area contributed by atoms with Gasteiger partial charge in [-0.15, -0.1) is 0 Å². The first-order valence-corrected chi connectivity index (χ1v) is 7.12. The van der Waals surface area contributed by atoms with Gasteiger partial charge in [0.05, 0.1) is 17.9 Å². The highest BCUT2D eigenvalue weighted by molar-refractivity contribution is 5.68. The zero-order valence-corrected chi connectivity index (χ0v) is 12.4. The molecule has 110 valence electrons. The molecule has 1 aliphatic rings. The minimum atomic E-state index is -0.261. The van der Waals surface area contributed by atoms with E-state index in [9.17, 15) is 4.79 Å². The fourth-order valence-corrected chi connectivity index (χ4v) is 2.75. The lowest BCUT2D eigenvalue weighted by molar-refractivity contribution is 0.0909. The van der Waals surface area contributed by atoms with Crippen LogP contribution in [0, 0.1) is 6.92 Å². The number of ether oxygens (including phenoxy) is 1. The number of amides is 1. The highest BCUT2D eigenvalue weighted by atomic mass is 16.6. The number of hydrogen-bond donors (Lipinski definition) is 0. The molecular weight excluding hydrogens is 266 g/mol. The monoisotopic (exact) mass is 285 g/mol. The van der Waals surface area contributed by atoms with Gasteiger partial charge in [0.15, 0.2) is 0 Å². The molecule has 1 aliphatic heterocycles. The van der Waals surface area contributed by atoms with Crippen LogP contribution >= 0.6 is 0 Å². The molecule has 21 heavy (non-hydrogen) atoms. The quantitative estimate of drug-likeness (QED) is 0.851. The zero-order valence-electron chi connectivity index (χ0n) is 12.4. The molecule has 2 aromatic rings. The zero-order chi connectivity index (χ0) is 14.8. The van der Waals surface area contributed by atoms with Crippen molar-refractivity contribution in [3.63, 3.8) is 0 Å². The highest BCUT2D eigenvalue weighted by Crippen LogP contribution is 2.22. The number of aromatic nitrogens is 2. The molecule has 1 aromatic carbocycles. The van der Waals surface area contributed by atoms with Crippen LogP contribution in [0.4, 0.5) is 4.79 Å². The van der Waals surface area contributed by atoms with E-state index in [2.05, 4.69) is 5.10 Å². The Bertz CT molecular complexity index is 649. The average Bonchev–Trinajstić information content (AvgIpc) is 2.80.